The molecule has 5 heteroatoms. The Morgan fingerprint density at radius 3 is 2.38 bits per heavy atom. The van der Waals surface area contributed by atoms with E-state index in [1.165, 1.54) is 0 Å². The van der Waals surface area contributed by atoms with Crippen LogP contribution in [0.5, 0.6) is 0 Å². The van der Waals surface area contributed by atoms with Crippen molar-refractivity contribution in [1.82, 2.24) is 0 Å². The van der Waals surface area contributed by atoms with Gasteiger partial charge in [-0.05, 0) is 0 Å². The molecule has 1 aliphatic rings. The minimum absolute atomic E-state index is 0.0104. The van der Waals surface area contributed by atoms with Crippen molar-refractivity contribution >= 4 is 10.1 Å². The van der Waals surface area contributed by atoms with Crippen molar-refractivity contribution in [1.29, 1.82) is 0 Å². The van der Waals surface area contributed by atoms with Crippen LogP contribution in [0.1, 0.15) is 6.42 Å². The highest BCUT2D eigenvalue weighted by atomic mass is 32.2. The van der Waals surface area contributed by atoms with Gasteiger partial charge in [-0.3, -0.25) is 4.18 Å². The van der Waals surface area contributed by atoms with Crippen molar-refractivity contribution in [3.8, 4) is 0 Å². The minimum Gasteiger partial charge on any atom is -0.268 e. The summed E-state index contributed by atoms with van der Waals surface area (Å²) in [7, 11) is -3.79. The Kier molecular flexibility index (Phi) is 1.24. The third-order valence-corrected chi connectivity index (χ3v) is 2.26. The molecular weight excluding hydrogens is 135 g/mol. The van der Waals surface area contributed by atoms with Gasteiger partial charge in [-0.1, -0.05) is 0 Å². The van der Waals surface area contributed by atoms with Crippen LogP contribution in [0, 0.1) is 0 Å². The van der Waals surface area contributed by atoms with Gasteiger partial charge < -0.3 is 0 Å². The summed E-state index contributed by atoms with van der Waals surface area (Å²) in [4.78, 5) is 0. The molecule has 3 nitrogen and oxygen atoms in total. The zero-order chi connectivity index (χ0) is 6.20. The van der Waals surface area contributed by atoms with Gasteiger partial charge >= 0.3 is 0 Å². The maximum absolute atomic E-state index is 12.0. The van der Waals surface area contributed by atoms with Crippen molar-refractivity contribution in [3.63, 3.8) is 0 Å². The van der Waals surface area contributed by atoms with E-state index in [1.54, 1.807) is 0 Å². The standard InChI is InChI=1S/C3H5FO3S/c4-3-1-2-7-8(3,5)6/h3H,1-2H2. The predicted molar refractivity (Wildman–Crippen MR) is 24.4 cm³/mol. The number of hydrogen-bond acceptors (Lipinski definition) is 3. The van der Waals surface area contributed by atoms with Gasteiger partial charge in [-0.25, -0.2) is 4.39 Å². The molecule has 0 aromatic heterocycles. The second-order valence-electron chi connectivity index (χ2n) is 1.51. The molecule has 1 rings (SSSR count). The van der Waals surface area contributed by atoms with Gasteiger partial charge in [0.1, 0.15) is 0 Å². The Hall–Kier alpha value is -0.160. The van der Waals surface area contributed by atoms with E-state index in [2.05, 4.69) is 4.18 Å². The van der Waals surface area contributed by atoms with E-state index in [9.17, 15) is 12.8 Å². The lowest BCUT2D eigenvalue weighted by Crippen LogP contribution is -2.07. The second-order valence-corrected chi connectivity index (χ2v) is 3.25. The van der Waals surface area contributed by atoms with Crippen LogP contribution in [0.15, 0.2) is 0 Å². The van der Waals surface area contributed by atoms with Crippen molar-refractivity contribution in [2.45, 2.75) is 11.9 Å². The van der Waals surface area contributed by atoms with Gasteiger partial charge in [0, 0.05) is 6.42 Å². The Morgan fingerprint density at radius 2 is 2.25 bits per heavy atom. The highest BCUT2D eigenvalue weighted by molar-refractivity contribution is 7.87. The van der Waals surface area contributed by atoms with E-state index in [-0.39, 0.29) is 13.0 Å². The average Bonchev–Trinajstić information content (AvgIpc) is 1.86. The Labute approximate surface area is 46.6 Å². The van der Waals surface area contributed by atoms with Crippen LogP contribution in [0.2, 0.25) is 0 Å². The van der Waals surface area contributed by atoms with Gasteiger partial charge in [-0.15, -0.1) is 0 Å². The molecule has 0 radical (unpaired) electrons. The van der Waals surface area contributed by atoms with Gasteiger partial charge in [-0.2, -0.15) is 8.42 Å². The first-order chi connectivity index (χ1) is 3.63. The molecule has 1 unspecified atom stereocenters. The van der Waals surface area contributed by atoms with Gasteiger partial charge in [0.05, 0.1) is 6.61 Å². The fourth-order valence-corrected chi connectivity index (χ4v) is 1.34. The first-order valence-electron chi connectivity index (χ1n) is 2.15. The summed E-state index contributed by atoms with van der Waals surface area (Å²) in [6.45, 7) is -0.0104. The van der Waals surface area contributed by atoms with Crippen LogP contribution < -0.4 is 0 Å². The maximum atomic E-state index is 12.0. The van der Waals surface area contributed by atoms with Crippen molar-refractivity contribution in [2.75, 3.05) is 6.61 Å². The van der Waals surface area contributed by atoms with E-state index in [0.717, 1.165) is 0 Å². The number of halogens is 1. The molecule has 1 saturated heterocycles. The number of rotatable bonds is 0. The van der Waals surface area contributed by atoms with Gasteiger partial charge in [0.15, 0.2) is 0 Å². The molecule has 1 atom stereocenters. The van der Waals surface area contributed by atoms with Crippen molar-refractivity contribution in [2.24, 2.45) is 0 Å². The SMILES string of the molecule is O=S1(=O)OCCC1F. The first-order valence-corrected chi connectivity index (χ1v) is 3.62. The Bertz CT molecular complexity index is 173. The van der Waals surface area contributed by atoms with Crippen molar-refractivity contribution in [3.05, 3.63) is 0 Å². The third-order valence-electron chi connectivity index (χ3n) is 0.906. The normalized spacial score (nSPS) is 35.4. The van der Waals surface area contributed by atoms with E-state index in [4.69, 9.17) is 0 Å². The summed E-state index contributed by atoms with van der Waals surface area (Å²) < 4.78 is 36.4. The van der Waals surface area contributed by atoms with Crippen LogP contribution in [0.25, 0.3) is 0 Å². The maximum Gasteiger partial charge on any atom is 0.300 e. The van der Waals surface area contributed by atoms with Crippen LogP contribution in [0.3, 0.4) is 0 Å². The lowest BCUT2D eigenvalue weighted by Gasteiger charge is -1.90. The van der Waals surface area contributed by atoms with Crippen LogP contribution in [-0.2, 0) is 14.3 Å². The number of alkyl halides is 1. The molecule has 48 valence electrons. The summed E-state index contributed by atoms with van der Waals surface area (Å²) in [5.74, 6) is 0. The van der Waals surface area contributed by atoms with Crippen molar-refractivity contribution < 1.29 is 17.0 Å². The average molecular weight is 140 g/mol. The predicted octanol–water partition coefficient (Wildman–Crippen LogP) is 0.0321. The summed E-state index contributed by atoms with van der Waals surface area (Å²) in [5.41, 5.74) is -1.79. The molecule has 1 heterocycles. The summed E-state index contributed by atoms with van der Waals surface area (Å²) in [6, 6.07) is 0. The Morgan fingerprint density at radius 1 is 1.62 bits per heavy atom. The molecule has 1 fully saturated rings. The molecule has 0 saturated carbocycles. The zero-order valence-electron chi connectivity index (χ0n) is 4.00. The summed E-state index contributed by atoms with van der Waals surface area (Å²) in [6.07, 6.45) is -0.0255. The molecule has 0 amide bonds. The van der Waals surface area contributed by atoms with E-state index in [1.807, 2.05) is 0 Å². The molecule has 0 aromatic rings. The largest absolute Gasteiger partial charge is 0.300 e. The third kappa shape index (κ3) is 0.830. The van der Waals surface area contributed by atoms with Gasteiger partial charge in [0.25, 0.3) is 10.1 Å². The molecule has 1 aliphatic heterocycles. The lowest BCUT2D eigenvalue weighted by molar-refractivity contribution is 0.353. The highest BCUT2D eigenvalue weighted by Crippen LogP contribution is 2.17. The minimum atomic E-state index is -3.79. The molecule has 0 aromatic carbocycles. The van der Waals surface area contributed by atoms with Gasteiger partial charge in [0.2, 0.25) is 5.50 Å². The quantitative estimate of drug-likeness (QED) is 0.446. The first kappa shape index (κ1) is 5.97. The second kappa shape index (κ2) is 1.66. The highest BCUT2D eigenvalue weighted by Gasteiger charge is 2.32. The van der Waals surface area contributed by atoms with Crippen LogP contribution >= 0.6 is 0 Å². The Balaban J connectivity index is 2.85. The monoisotopic (exact) mass is 140 g/mol. The topological polar surface area (TPSA) is 43.4 Å². The van der Waals surface area contributed by atoms with Crippen LogP contribution in [-0.4, -0.2) is 20.5 Å². The molecule has 0 aliphatic carbocycles. The lowest BCUT2D eigenvalue weighted by atomic mass is 10.5. The summed E-state index contributed by atoms with van der Waals surface area (Å²) in [5, 5.41) is 0. The smallest absolute Gasteiger partial charge is 0.268 e. The molecule has 8 heavy (non-hydrogen) atoms. The fraction of sp³-hybridized carbons (Fsp3) is 1.00. The molecular formula is C3H5FO3S. The summed E-state index contributed by atoms with van der Waals surface area (Å²) >= 11 is 0. The van der Waals surface area contributed by atoms with Crippen LogP contribution in [0.4, 0.5) is 4.39 Å². The van der Waals surface area contributed by atoms with E-state index in [0.29, 0.717) is 0 Å². The fourth-order valence-electron chi connectivity index (χ4n) is 0.475. The van der Waals surface area contributed by atoms with E-state index < -0.39 is 15.6 Å². The molecule has 0 spiro atoms. The number of hydrogen-bond donors (Lipinski definition) is 0. The molecule has 0 N–H and O–H groups in total. The zero-order valence-corrected chi connectivity index (χ0v) is 4.82. The molecule has 0 bridgehead atoms. The van der Waals surface area contributed by atoms with E-state index >= 15 is 0 Å².